The molecule has 1 heterocycles. The lowest BCUT2D eigenvalue weighted by Gasteiger charge is -2.34. The number of aliphatic hydroxyl groups is 2. The van der Waals surface area contributed by atoms with Gasteiger partial charge in [0.1, 0.15) is 24.6 Å². The molecule has 0 radical (unpaired) electrons. The molecule has 1 aromatic rings. The van der Waals surface area contributed by atoms with Gasteiger partial charge in [0, 0.05) is 6.61 Å². The number of aliphatic hydroxyl groups excluding tert-OH is 2. The Kier molecular flexibility index (Phi) is 6.33. The quantitative estimate of drug-likeness (QED) is 0.600. The largest absolute Gasteiger partial charge is 0.394 e. The van der Waals surface area contributed by atoms with Crippen molar-refractivity contribution in [1.82, 2.24) is 5.32 Å². The standard InChI is InChI=1S/C15H21FN2O6S/c1-25(22,23)18(11-4-2-3-10(16)7-11)8-14(20)17-12-5-6-24-13(9-19)15(12)21/h2-4,7,12-13,15,19,21H,5-6,8-9H2,1H3,(H,17,20)/t12-,13+,15-/m0/s1. The maximum absolute atomic E-state index is 13.4. The van der Waals surface area contributed by atoms with Crippen molar-refractivity contribution in [2.75, 3.05) is 30.3 Å². The SMILES string of the molecule is CS(=O)(=O)N(CC(=O)N[C@H]1CCO[C@H](CO)[C@H]1O)c1cccc(F)c1. The van der Waals surface area contributed by atoms with Crippen LogP contribution in [0.25, 0.3) is 0 Å². The van der Waals surface area contributed by atoms with Gasteiger partial charge >= 0.3 is 0 Å². The molecular formula is C15H21FN2O6S. The Bertz CT molecular complexity index is 714. The van der Waals surface area contributed by atoms with Crippen molar-refractivity contribution in [3.63, 3.8) is 0 Å². The fraction of sp³-hybridized carbons (Fsp3) is 0.533. The zero-order chi connectivity index (χ0) is 18.6. The highest BCUT2D eigenvalue weighted by molar-refractivity contribution is 7.92. The van der Waals surface area contributed by atoms with Gasteiger partial charge in [-0.25, -0.2) is 12.8 Å². The van der Waals surface area contributed by atoms with Gasteiger partial charge in [0.25, 0.3) is 0 Å². The topological polar surface area (TPSA) is 116 Å². The van der Waals surface area contributed by atoms with Crippen LogP contribution in [-0.4, -0.2) is 68.8 Å². The van der Waals surface area contributed by atoms with Crippen molar-refractivity contribution >= 4 is 21.6 Å². The predicted octanol–water partition coefficient (Wildman–Crippen LogP) is -0.781. The van der Waals surface area contributed by atoms with Crippen LogP contribution in [0.5, 0.6) is 0 Å². The van der Waals surface area contributed by atoms with Crippen LogP contribution in [-0.2, 0) is 19.6 Å². The van der Waals surface area contributed by atoms with Gasteiger partial charge in [-0.3, -0.25) is 9.10 Å². The highest BCUT2D eigenvalue weighted by Gasteiger charge is 2.34. The zero-order valence-electron chi connectivity index (χ0n) is 13.6. The Morgan fingerprint density at radius 2 is 2.20 bits per heavy atom. The number of halogens is 1. The van der Waals surface area contributed by atoms with Crippen molar-refractivity contribution in [1.29, 1.82) is 0 Å². The van der Waals surface area contributed by atoms with E-state index < -0.39 is 53.1 Å². The third-order valence-electron chi connectivity index (χ3n) is 3.86. The first kappa shape index (κ1) is 19.6. The lowest BCUT2D eigenvalue weighted by Crippen LogP contribution is -2.55. The van der Waals surface area contributed by atoms with Crippen LogP contribution < -0.4 is 9.62 Å². The molecule has 1 fully saturated rings. The Balaban J connectivity index is 2.10. The number of hydrogen-bond acceptors (Lipinski definition) is 6. The summed E-state index contributed by atoms with van der Waals surface area (Å²) < 4.78 is 43.2. The molecule has 1 aliphatic heterocycles. The lowest BCUT2D eigenvalue weighted by atomic mass is 10.00. The highest BCUT2D eigenvalue weighted by Crippen LogP contribution is 2.19. The fourth-order valence-electron chi connectivity index (χ4n) is 2.61. The van der Waals surface area contributed by atoms with Crippen molar-refractivity contribution in [2.24, 2.45) is 0 Å². The normalized spacial score (nSPS) is 23.9. The number of sulfonamides is 1. The van der Waals surface area contributed by atoms with E-state index in [0.717, 1.165) is 22.7 Å². The van der Waals surface area contributed by atoms with Crippen LogP contribution in [0.15, 0.2) is 24.3 Å². The molecule has 0 aromatic heterocycles. The Morgan fingerprint density at radius 3 is 2.80 bits per heavy atom. The molecule has 0 aliphatic carbocycles. The van der Waals surface area contributed by atoms with Crippen molar-refractivity contribution in [2.45, 2.75) is 24.7 Å². The number of rotatable bonds is 6. The second-order valence-electron chi connectivity index (χ2n) is 5.79. The summed E-state index contributed by atoms with van der Waals surface area (Å²) in [4.78, 5) is 12.2. The number of carbonyl (C=O) groups excluding carboxylic acids is 1. The number of hydrogen-bond donors (Lipinski definition) is 3. The molecule has 0 spiro atoms. The summed E-state index contributed by atoms with van der Waals surface area (Å²) in [5.74, 6) is -1.28. The minimum absolute atomic E-state index is 0.0263. The van der Waals surface area contributed by atoms with E-state index in [1.807, 2.05) is 0 Å². The summed E-state index contributed by atoms with van der Waals surface area (Å²) in [7, 11) is -3.82. The van der Waals surface area contributed by atoms with Crippen molar-refractivity contribution < 1.29 is 32.6 Å². The molecule has 1 aromatic carbocycles. The van der Waals surface area contributed by atoms with E-state index >= 15 is 0 Å². The third kappa shape index (κ3) is 5.11. The van der Waals surface area contributed by atoms with Crippen LogP contribution in [0, 0.1) is 5.82 Å². The predicted molar refractivity (Wildman–Crippen MR) is 88.0 cm³/mol. The molecule has 3 N–H and O–H groups in total. The zero-order valence-corrected chi connectivity index (χ0v) is 14.4. The Morgan fingerprint density at radius 1 is 1.48 bits per heavy atom. The summed E-state index contributed by atoms with van der Waals surface area (Å²) in [6, 6.07) is 4.22. The van der Waals surface area contributed by atoms with Crippen LogP contribution in [0.3, 0.4) is 0 Å². The number of nitrogens with one attached hydrogen (secondary N) is 1. The molecule has 10 heteroatoms. The van der Waals surface area contributed by atoms with Gasteiger partial charge in [-0.1, -0.05) is 6.07 Å². The Hall–Kier alpha value is -1.75. The molecule has 0 bridgehead atoms. The number of amides is 1. The van der Waals surface area contributed by atoms with Gasteiger partial charge in [0.05, 0.1) is 24.6 Å². The van der Waals surface area contributed by atoms with Crippen LogP contribution in [0.1, 0.15) is 6.42 Å². The third-order valence-corrected chi connectivity index (χ3v) is 5.00. The van der Waals surface area contributed by atoms with Gasteiger partial charge < -0.3 is 20.3 Å². The molecule has 8 nitrogen and oxygen atoms in total. The van der Waals surface area contributed by atoms with E-state index in [0.29, 0.717) is 6.42 Å². The van der Waals surface area contributed by atoms with Gasteiger partial charge in [-0.2, -0.15) is 0 Å². The summed E-state index contributed by atoms with van der Waals surface area (Å²) >= 11 is 0. The molecule has 3 atom stereocenters. The number of ether oxygens (including phenoxy) is 1. The minimum Gasteiger partial charge on any atom is -0.394 e. The summed E-state index contributed by atoms with van der Waals surface area (Å²) in [5.41, 5.74) is 0.0263. The molecular weight excluding hydrogens is 355 g/mol. The van der Waals surface area contributed by atoms with E-state index in [2.05, 4.69) is 5.32 Å². The first-order valence-electron chi connectivity index (χ1n) is 7.65. The second-order valence-corrected chi connectivity index (χ2v) is 7.70. The first-order chi connectivity index (χ1) is 11.7. The molecule has 2 rings (SSSR count). The highest BCUT2D eigenvalue weighted by atomic mass is 32.2. The second kappa shape index (κ2) is 8.09. The first-order valence-corrected chi connectivity index (χ1v) is 9.50. The number of carbonyl (C=O) groups is 1. The van der Waals surface area contributed by atoms with E-state index in [1.165, 1.54) is 12.1 Å². The molecule has 0 saturated carbocycles. The van der Waals surface area contributed by atoms with E-state index in [9.17, 15) is 22.7 Å². The van der Waals surface area contributed by atoms with Gasteiger partial charge in [0.15, 0.2) is 0 Å². The maximum atomic E-state index is 13.4. The van der Waals surface area contributed by atoms with Crippen LogP contribution in [0.2, 0.25) is 0 Å². The monoisotopic (exact) mass is 376 g/mol. The smallest absolute Gasteiger partial charge is 0.241 e. The minimum atomic E-state index is -3.82. The molecule has 1 aliphatic rings. The number of anilines is 1. The number of benzene rings is 1. The summed E-state index contributed by atoms with van der Waals surface area (Å²) in [6.45, 7) is -0.713. The van der Waals surface area contributed by atoms with Gasteiger partial charge in [-0.15, -0.1) is 0 Å². The van der Waals surface area contributed by atoms with Crippen LogP contribution in [0.4, 0.5) is 10.1 Å². The maximum Gasteiger partial charge on any atom is 0.241 e. The average molecular weight is 376 g/mol. The Labute approximate surface area is 145 Å². The average Bonchev–Trinajstić information content (AvgIpc) is 2.53. The number of nitrogens with zero attached hydrogens (tertiary/aromatic N) is 1. The fourth-order valence-corrected chi connectivity index (χ4v) is 3.46. The van der Waals surface area contributed by atoms with Crippen molar-refractivity contribution in [3.05, 3.63) is 30.1 Å². The van der Waals surface area contributed by atoms with E-state index in [1.54, 1.807) is 0 Å². The van der Waals surface area contributed by atoms with Gasteiger partial charge in [-0.05, 0) is 24.6 Å². The molecule has 1 saturated heterocycles. The molecule has 25 heavy (non-hydrogen) atoms. The van der Waals surface area contributed by atoms with Crippen LogP contribution >= 0.6 is 0 Å². The van der Waals surface area contributed by atoms with Gasteiger partial charge in [0.2, 0.25) is 15.9 Å². The summed E-state index contributed by atoms with van der Waals surface area (Å²) in [6.07, 6.45) is -0.685. The summed E-state index contributed by atoms with van der Waals surface area (Å²) in [5, 5.41) is 21.7. The molecule has 1 amide bonds. The van der Waals surface area contributed by atoms with E-state index in [-0.39, 0.29) is 12.3 Å². The molecule has 140 valence electrons. The van der Waals surface area contributed by atoms with E-state index in [4.69, 9.17) is 9.84 Å². The molecule has 0 unspecified atom stereocenters. The van der Waals surface area contributed by atoms with Crippen molar-refractivity contribution in [3.8, 4) is 0 Å². The lowest BCUT2D eigenvalue weighted by molar-refractivity contribution is -0.130.